The molecule has 0 radical (unpaired) electrons. The molecule has 0 fully saturated rings. The minimum atomic E-state index is 0.360. The maximum Gasteiger partial charge on any atom is 0.120 e. The van der Waals surface area contributed by atoms with E-state index in [1.54, 1.807) is 0 Å². The molecule has 96 valence electrons. The van der Waals surface area contributed by atoms with Crippen LogP contribution in [0.15, 0.2) is 22.7 Å². The molecule has 0 aliphatic carbocycles. The van der Waals surface area contributed by atoms with Crippen molar-refractivity contribution in [2.24, 2.45) is 0 Å². The van der Waals surface area contributed by atoms with Crippen LogP contribution in [0.4, 0.5) is 0 Å². The van der Waals surface area contributed by atoms with Crippen LogP contribution in [0, 0.1) is 0 Å². The smallest absolute Gasteiger partial charge is 0.120 e. The van der Waals surface area contributed by atoms with E-state index in [0.717, 1.165) is 36.2 Å². The summed E-state index contributed by atoms with van der Waals surface area (Å²) < 4.78 is 6.78. The molecule has 0 aliphatic heterocycles. The van der Waals surface area contributed by atoms with E-state index < -0.39 is 0 Å². The van der Waals surface area contributed by atoms with Gasteiger partial charge in [-0.15, -0.1) is 0 Å². The third-order valence-corrected chi connectivity index (χ3v) is 3.40. The predicted molar refractivity (Wildman–Crippen MR) is 76.6 cm³/mol. The van der Waals surface area contributed by atoms with Gasteiger partial charge in [0.25, 0.3) is 0 Å². The first-order valence-electron chi connectivity index (χ1n) is 6.34. The zero-order chi connectivity index (χ0) is 12.7. The van der Waals surface area contributed by atoms with Crippen LogP contribution in [-0.4, -0.2) is 13.2 Å². The number of halogens is 1. The molecule has 0 bridgehead atoms. The van der Waals surface area contributed by atoms with Crippen LogP contribution in [-0.2, 0) is 0 Å². The molecule has 1 aromatic rings. The van der Waals surface area contributed by atoms with Crippen molar-refractivity contribution in [2.45, 2.75) is 39.7 Å². The van der Waals surface area contributed by atoms with Crippen molar-refractivity contribution in [1.82, 2.24) is 5.32 Å². The van der Waals surface area contributed by atoms with E-state index in [2.05, 4.69) is 54.2 Å². The Morgan fingerprint density at radius 2 is 2.12 bits per heavy atom. The molecule has 0 aromatic heterocycles. The zero-order valence-electron chi connectivity index (χ0n) is 10.9. The van der Waals surface area contributed by atoms with Crippen molar-refractivity contribution in [1.29, 1.82) is 0 Å². The SMILES string of the molecule is CCCCOc1ccc(C(C)NCC)c(Br)c1. The van der Waals surface area contributed by atoms with Crippen LogP contribution < -0.4 is 10.1 Å². The van der Waals surface area contributed by atoms with Crippen LogP contribution >= 0.6 is 15.9 Å². The Hall–Kier alpha value is -0.540. The number of hydrogen-bond donors (Lipinski definition) is 1. The summed E-state index contributed by atoms with van der Waals surface area (Å²) in [6, 6.07) is 6.58. The molecule has 3 heteroatoms. The molecule has 0 spiro atoms. The van der Waals surface area contributed by atoms with E-state index in [1.165, 1.54) is 5.56 Å². The van der Waals surface area contributed by atoms with Crippen LogP contribution in [0.25, 0.3) is 0 Å². The Morgan fingerprint density at radius 3 is 2.71 bits per heavy atom. The van der Waals surface area contributed by atoms with Gasteiger partial charge < -0.3 is 10.1 Å². The minimum absolute atomic E-state index is 0.360. The van der Waals surface area contributed by atoms with Gasteiger partial charge in [0.05, 0.1) is 6.61 Å². The standard InChI is InChI=1S/C14H22BrNO/c1-4-6-9-17-12-7-8-13(14(15)10-12)11(3)16-5-2/h7-8,10-11,16H,4-6,9H2,1-3H3. The number of benzene rings is 1. The molecule has 0 amide bonds. The minimum Gasteiger partial charge on any atom is -0.494 e. The highest BCUT2D eigenvalue weighted by Gasteiger charge is 2.08. The number of rotatable bonds is 7. The van der Waals surface area contributed by atoms with Crippen LogP contribution in [0.2, 0.25) is 0 Å². The lowest BCUT2D eigenvalue weighted by Crippen LogP contribution is -2.18. The summed E-state index contributed by atoms with van der Waals surface area (Å²) in [5, 5.41) is 3.40. The molecular formula is C14H22BrNO. The summed E-state index contributed by atoms with van der Waals surface area (Å²) in [6.07, 6.45) is 2.27. The average molecular weight is 300 g/mol. The second-order valence-electron chi connectivity index (χ2n) is 4.16. The van der Waals surface area contributed by atoms with Gasteiger partial charge in [0.15, 0.2) is 0 Å². The third kappa shape index (κ3) is 4.68. The van der Waals surface area contributed by atoms with E-state index in [9.17, 15) is 0 Å². The van der Waals surface area contributed by atoms with Crippen LogP contribution in [0.3, 0.4) is 0 Å². The Morgan fingerprint density at radius 1 is 1.35 bits per heavy atom. The molecule has 2 nitrogen and oxygen atoms in total. The van der Waals surface area contributed by atoms with Gasteiger partial charge in [0, 0.05) is 10.5 Å². The summed E-state index contributed by atoms with van der Waals surface area (Å²) >= 11 is 3.61. The molecule has 0 aliphatic rings. The first-order chi connectivity index (χ1) is 8.19. The van der Waals surface area contributed by atoms with Gasteiger partial charge in [-0.05, 0) is 37.6 Å². The molecule has 1 aromatic carbocycles. The van der Waals surface area contributed by atoms with Gasteiger partial charge in [-0.3, -0.25) is 0 Å². The Balaban J connectivity index is 2.65. The molecular weight excluding hydrogens is 278 g/mol. The summed E-state index contributed by atoms with van der Waals surface area (Å²) in [5.74, 6) is 0.942. The molecule has 0 saturated carbocycles. The second kappa shape index (κ2) is 7.72. The highest BCUT2D eigenvalue weighted by molar-refractivity contribution is 9.10. The predicted octanol–water partition coefficient (Wildman–Crippen LogP) is 4.30. The summed E-state index contributed by atoms with van der Waals surface area (Å²) in [5.41, 5.74) is 1.27. The molecule has 1 atom stereocenters. The number of unbranched alkanes of at least 4 members (excludes halogenated alkanes) is 1. The Kier molecular flexibility index (Phi) is 6.60. The van der Waals surface area contributed by atoms with Gasteiger partial charge >= 0.3 is 0 Å². The van der Waals surface area contributed by atoms with E-state index in [-0.39, 0.29) is 0 Å². The van der Waals surface area contributed by atoms with Gasteiger partial charge in [0.2, 0.25) is 0 Å². The monoisotopic (exact) mass is 299 g/mol. The van der Waals surface area contributed by atoms with E-state index in [4.69, 9.17) is 4.74 Å². The molecule has 1 rings (SSSR count). The highest BCUT2D eigenvalue weighted by Crippen LogP contribution is 2.27. The molecule has 1 unspecified atom stereocenters. The maximum atomic E-state index is 5.67. The topological polar surface area (TPSA) is 21.3 Å². The van der Waals surface area contributed by atoms with Crippen LogP contribution in [0.5, 0.6) is 5.75 Å². The van der Waals surface area contributed by atoms with Crippen molar-refractivity contribution in [3.05, 3.63) is 28.2 Å². The lowest BCUT2D eigenvalue weighted by molar-refractivity contribution is 0.309. The van der Waals surface area contributed by atoms with Gasteiger partial charge in [0.1, 0.15) is 5.75 Å². The number of hydrogen-bond acceptors (Lipinski definition) is 2. The summed E-state index contributed by atoms with van der Waals surface area (Å²) in [6.45, 7) is 8.22. The normalized spacial score (nSPS) is 12.5. The van der Waals surface area contributed by atoms with Gasteiger partial charge in [-0.2, -0.15) is 0 Å². The van der Waals surface area contributed by atoms with Crippen molar-refractivity contribution in [3.63, 3.8) is 0 Å². The summed E-state index contributed by atoms with van der Waals surface area (Å²) in [4.78, 5) is 0. The van der Waals surface area contributed by atoms with E-state index in [1.807, 2.05) is 6.07 Å². The third-order valence-electron chi connectivity index (χ3n) is 2.72. The fourth-order valence-corrected chi connectivity index (χ4v) is 2.40. The molecule has 17 heavy (non-hydrogen) atoms. The summed E-state index contributed by atoms with van der Waals surface area (Å²) in [7, 11) is 0. The van der Waals surface area contributed by atoms with Crippen molar-refractivity contribution in [3.8, 4) is 5.75 Å². The quantitative estimate of drug-likeness (QED) is 0.758. The van der Waals surface area contributed by atoms with Crippen LogP contribution in [0.1, 0.15) is 45.2 Å². The van der Waals surface area contributed by atoms with Crippen molar-refractivity contribution in [2.75, 3.05) is 13.2 Å². The van der Waals surface area contributed by atoms with E-state index in [0.29, 0.717) is 6.04 Å². The molecule has 1 N–H and O–H groups in total. The largest absolute Gasteiger partial charge is 0.494 e. The van der Waals surface area contributed by atoms with Gasteiger partial charge in [-0.25, -0.2) is 0 Å². The number of nitrogens with one attached hydrogen (secondary N) is 1. The van der Waals surface area contributed by atoms with E-state index >= 15 is 0 Å². The number of ether oxygens (including phenoxy) is 1. The first-order valence-corrected chi connectivity index (χ1v) is 7.14. The first kappa shape index (κ1) is 14.5. The lowest BCUT2D eigenvalue weighted by Gasteiger charge is -2.15. The van der Waals surface area contributed by atoms with Gasteiger partial charge in [-0.1, -0.05) is 42.3 Å². The maximum absolute atomic E-state index is 5.67. The molecule has 0 heterocycles. The zero-order valence-corrected chi connectivity index (χ0v) is 12.5. The van der Waals surface area contributed by atoms with Crippen molar-refractivity contribution < 1.29 is 4.74 Å². The fourth-order valence-electron chi connectivity index (χ4n) is 1.70. The molecule has 0 saturated heterocycles. The Bertz CT molecular complexity index is 341. The highest BCUT2D eigenvalue weighted by atomic mass is 79.9. The van der Waals surface area contributed by atoms with Crippen molar-refractivity contribution >= 4 is 15.9 Å². The average Bonchev–Trinajstić information content (AvgIpc) is 2.29. The Labute approximate surface area is 113 Å². The lowest BCUT2D eigenvalue weighted by atomic mass is 10.1. The fraction of sp³-hybridized carbons (Fsp3) is 0.571. The second-order valence-corrected chi connectivity index (χ2v) is 5.02.